The molecular formula is C19H19N5O3S2. The largest absolute Gasteiger partial charge is 0.352 e. The Hall–Kier alpha value is -3.24. The van der Waals surface area contributed by atoms with E-state index in [0.29, 0.717) is 10.6 Å². The quantitative estimate of drug-likeness (QED) is 0.449. The van der Waals surface area contributed by atoms with Crippen molar-refractivity contribution in [3.63, 3.8) is 0 Å². The summed E-state index contributed by atoms with van der Waals surface area (Å²) >= 11 is 2.64. The third-order valence-electron chi connectivity index (χ3n) is 3.93. The summed E-state index contributed by atoms with van der Waals surface area (Å²) in [6.45, 7) is 1.74. The van der Waals surface area contributed by atoms with Gasteiger partial charge >= 0.3 is 6.03 Å². The van der Waals surface area contributed by atoms with E-state index in [1.54, 1.807) is 13.0 Å². The molecule has 0 fully saturated rings. The first kappa shape index (κ1) is 20.5. The number of nitrogens with two attached hydrogens (primary N) is 1. The predicted molar refractivity (Wildman–Crippen MR) is 112 cm³/mol. The molecule has 150 valence electrons. The second-order valence-corrected chi connectivity index (χ2v) is 8.06. The zero-order chi connectivity index (χ0) is 20.8. The second kappa shape index (κ2) is 9.30. The second-order valence-electron chi connectivity index (χ2n) is 6.08. The van der Waals surface area contributed by atoms with Crippen LogP contribution in [-0.2, 0) is 4.79 Å². The highest BCUT2D eigenvalue weighted by Crippen LogP contribution is 2.27. The number of hydrazine groups is 1. The van der Waals surface area contributed by atoms with Crippen molar-refractivity contribution in [3.05, 3.63) is 63.3 Å². The van der Waals surface area contributed by atoms with E-state index in [-0.39, 0.29) is 6.42 Å². The molecule has 5 N–H and O–H groups in total. The lowest BCUT2D eigenvalue weighted by atomic mass is 10.1. The molecule has 3 rings (SSSR count). The zero-order valence-electron chi connectivity index (χ0n) is 15.5. The van der Waals surface area contributed by atoms with E-state index in [1.165, 1.54) is 22.7 Å². The van der Waals surface area contributed by atoms with Gasteiger partial charge in [0.1, 0.15) is 9.88 Å². The molecule has 8 nitrogen and oxygen atoms in total. The van der Waals surface area contributed by atoms with Gasteiger partial charge in [0, 0.05) is 10.4 Å². The molecule has 3 aromatic rings. The molecule has 1 unspecified atom stereocenters. The number of benzene rings is 1. The first-order chi connectivity index (χ1) is 13.9. The molecule has 0 aliphatic heterocycles. The van der Waals surface area contributed by atoms with Crippen LogP contribution in [0.4, 0.5) is 4.79 Å². The Bertz CT molecular complexity index is 1000. The number of thiazole rings is 1. The minimum atomic E-state index is -0.728. The molecule has 4 amide bonds. The third-order valence-corrected chi connectivity index (χ3v) is 6.12. The van der Waals surface area contributed by atoms with Crippen LogP contribution in [0.1, 0.15) is 32.7 Å². The van der Waals surface area contributed by atoms with Crippen LogP contribution >= 0.6 is 22.7 Å². The fourth-order valence-corrected chi connectivity index (χ4v) is 4.36. The minimum absolute atomic E-state index is 0.0688. The first-order valence-corrected chi connectivity index (χ1v) is 10.3. The van der Waals surface area contributed by atoms with Gasteiger partial charge in [-0.25, -0.2) is 9.78 Å². The van der Waals surface area contributed by atoms with E-state index in [2.05, 4.69) is 21.2 Å². The number of thiophene rings is 1. The average Bonchev–Trinajstić information content (AvgIpc) is 3.36. The van der Waals surface area contributed by atoms with Crippen molar-refractivity contribution in [1.82, 2.24) is 21.2 Å². The van der Waals surface area contributed by atoms with Gasteiger partial charge in [-0.15, -0.1) is 22.7 Å². The molecule has 0 aliphatic carbocycles. The maximum absolute atomic E-state index is 12.5. The number of nitrogens with one attached hydrogen (secondary N) is 3. The van der Waals surface area contributed by atoms with Crippen LogP contribution in [0.5, 0.6) is 0 Å². The Morgan fingerprint density at radius 1 is 1.10 bits per heavy atom. The van der Waals surface area contributed by atoms with Gasteiger partial charge in [0.2, 0.25) is 5.91 Å². The smallest absolute Gasteiger partial charge is 0.312 e. The molecule has 0 saturated carbocycles. The van der Waals surface area contributed by atoms with Gasteiger partial charge in [0.25, 0.3) is 5.91 Å². The van der Waals surface area contributed by atoms with E-state index in [4.69, 9.17) is 5.73 Å². The standard InChI is InChI=1S/C19H19N5O3S2/c1-11-16(29-18(21-11)12-6-3-2-4-7-12)17(26)24-23-15(25)10-13(22-19(20)27)14-8-5-9-28-14/h2-9,13H,10H2,1H3,(H,23,25)(H,24,26)(H3,20,22,27). The van der Waals surface area contributed by atoms with Crippen LogP contribution in [0.25, 0.3) is 10.6 Å². The normalized spacial score (nSPS) is 11.5. The number of carbonyl (C=O) groups excluding carboxylic acids is 3. The fourth-order valence-electron chi connectivity index (χ4n) is 2.61. The van der Waals surface area contributed by atoms with Crippen molar-refractivity contribution in [1.29, 1.82) is 0 Å². The lowest BCUT2D eigenvalue weighted by Gasteiger charge is -2.16. The Labute approximate surface area is 175 Å². The van der Waals surface area contributed by atoms with Gasteiger partial charge in [0.15, 0.2) is 0 Å². The summed E-state index contributed by atoms with van der Waals surface area (Å²) in [7, 11) is 0. The SMILES string of the molecule is Cc1nc(-c2ccccc2)sc1C(=O)NNC(=O)CC(NC(N)=O)c1cccs1. The minimum Gasteiger partial charge on any atom is -0.352 e. The first-order valence-electron chi connectivity index (χ1n) is 8.65. The maximum atomic E-state index is 12.5. The lowest BCUT2D eigenvalue weighted by molar-refractivity contribution is -0.122. The fraction of sp³-hybridized carbons (Fsp3) is 0.158. The number of rotatable bonds is 6. The molecular weight excluding hydrogens is 410 g/mol. The number of aryl methyl sites for hydroxylation is 1. The van der Waals surface area contributed by atoms with Crippen LogP contribution in [0.3, 0.4) is 0 Å². The number of nitrogens with zero attached hydrogens (tertiary/aromatic N) is 1. The number of amides is 4. The molecule has 0 spiro atoms. The lowest BCUT2D eigenvalue weighted by Crippen LogP contribution is -2.43. The molecule has 0 aliphatic rings. The molecule has 1 atom stereocenters. The Morgan fingerprint density at radius 3 is 2.52 bits per heavy atom. The van der Waals surface area contributed by atoms with Crippen molar-refractivity contribution < 1.29 is 14.4 Å². The van der Waals surface area contributed by atoms with Crippen molar-refractivity contribution in [3.8, 4) is 10.6 Å². The molecule has 2 heterocycles. The van der Waals surface area contributed by atoms with E-state index in [9.17, 15) is 14.4 Å². The van der Waals surface area contributed by atoms with Crippen molar-refractivity contribution >= 4 is 40.5 Å². The summed E-state index contributed by atoms with van der Waals surface area (Å²) in [6.07, 6.45) is -0.0688. The summed E-state index contributed by atoms with van der Waals surface area (Å²) in [6, 6.07) is 11.8. The molecule has 10 heteroatoms. The molecule has 0 saturated heterocycles. The van der Waals surface area contributed by atoms with E-state index >= 15 is 0 Å². The van der Waals surface area contributed by atoms with Crippen molar-refractivity contribution in [2.45, 2.75) is 19.4 Å². The topological polar surface area (TPSA) is 126 Å². The number of urea groups is 1. The highest BCUT2D eigenvalue weighted by atomic mass is 32.1. The summed E-state index contributed by atoms with van der Waals surface area (Å²) in [5.41, 5.74) is 11.5. The van der Waals surface area contributed by atoms with Crippen LogP contribution in [0.15, 0.2) is 47.8 Å². The third kappa shape index (κ3) is 5.39. The highest BCUT2D eigenvalue weighted by Gasteiger charge is 2.20. The van der Waals surface area contributed by atoms with Gasteiger partial charge in [0.05, 0.1) is 18.2 Å². The molecule has 1 aromatic carbocycles. The van der Waals surface area contributed by atoms with Gasteiger partial charge in [-0.2, -0.15) is 0 Å². The van der Waals surface area contributed by atoms with Crippen LogP contribution in [0.2, 0.25) is 0 Å². The number of aromatic nitrogens is 1. The highest BCUT2D eigenvalue weighted by molar-refractivity contribution is 7.17. The summed E-state index contributed by atoms with van der Waals surface area (Å²) in [5, 5.41) is 5.09. The summed E-state index contributed by atoms with van der Waals surface area (Å²) in [5.74, 6) is -0.915. The monoisotopic (exact) mass is 429 g/mol. The van der Waals surface area contributed by atoms with Gasteiger partial charge in [-0.3, -0.25) is 20.4 Å². The van der Waals surface area contributed by atoms with Gasteiger partial charge in [-0.05, 0) is 18.4 Å². The van der Waals surface area contributed by atoms with Crippen molar-refractivity contribution in [2.24, 2.45) is 5.73 Å². The molecule has 0 bridgehead atoms. The van der Waals surface area contributed by atoms with Gasteiger partial charge < -0.3 is 11.1 Å². The zero-order valence-corrected chi connectivity index (χ0v) is 17.1. The predicted octanol–water partition coefficient (Wildman–Crippen LogP) is 2.74. The average molecular weight is 430 g/mol. The van der Waals surface area contributed by atoms with E-state index in [1.807, 2.05) is 41.8 Å². The Morgan fingerprint density at radius 2 is 1.86 bits per heavy atom. The summed E-state index contributed by atoms with van der Waals surface area (Å²) in [4.78, 5) is 41.5. The van der Waals surface area contributed by atoms with E-state index < -0.39 is 23.9 Å². The number of hydrogen-bond donors (Lipinski definition) is 4. The molecule has 0 radical (unpaired) electrons. The van der Waals surface area contributed by atoms with Gasteiger partial charge in [-0.1, -0.05) is 36.4 Å². The van der Waals surface area contributed by atoms with Crippen LogP contribution in [-0.4, -0.2) is 22.8 Å². The van der Waals surface area contributed by atoms with Crippen LogP contribution in [0, 0.1) is 6.92 Å². The van der Waals surface area contributed by atoms with E-state index in [0.717, 1.165) is 15.4 Å². The number of hydrogen-bond acceptors (Lipinski definition) is 6. The van der Waals surface area contributed by atoms with Crippen molar-refractivity contribution in [2.75, 3.05) is 0 Å². The maximum Gasteiger partial charge on any atom is 0.312 e. The number of primary amides is 1. The molecule has 2 aromatic heterocycles. The number of carbonyl (C=O) groups is 3. The Balaban J connectivity index is 1.61. The Kier molecular flexibility index (Phi) is 6.57. The molecule has 29 heavy (non-hydrogen) atoms. The summed E-state index contributed by atoms with van der Waals surface area (Å²) < 4.78 is 0. The van der Waals surface area contributed by atoms with Crippen LogP contribution < -0.4 is 21.9 Å².